The molecule has 2 aromatic rings. The lowest BCUT2D eigenvalue weighted by molar-refractivity contribution is -0.196. The number of unbranched alkanes of at least 4 members (excludes halogenated alkanes) is 9. The molecule has 1 amide bonds. The number of hydrogen-bond donors (Lipinski definition) is 7. The molecule has 3 rings (SSSR count). The molecule has 12 heteroatoms. The second kappa shape index (κ2) is 19.4. The zero-order valence-corrected chi connectivity index (χ0v) is 27.9. The normalized spacial score (nSPS) is 20.8. The number of carbonyl (C=O) groups excluding carboxylic acids is 3. The molecule has 0 aliphatic heterocycles. The number of esters is 2. The van der Waals surface area contributed by atoms with Crippen molar-refractivity contribution in [3.05, 3.63) is 59.7 Å². The number of phenolic OH excluding ortho intramolecular Hbond substituents is 4. The zero-order chi connectivity index (χ0) is 35.8. The smallest absolute Gasteiger partial charge is 0.331 e. The van der Waals surface area contributed by atoms with Crippen molar-refractivity contribution in [1.29, 1.82) is 0 Å². The number of amides is 1. The van der Waals surface area contributed by atoms with E-state index >= 15 is 0 Å². The predicted octanol–water partition coefficient (Wildman–Crippen LogP) is 4.98. The van der Waals surface area contributed by atoms with Gasteiger partial charge in [-0.1, -0.05) is 76.8 Å². The monoisotopic (exact) mass is 683 g/mol. The SMILES string of the molecule is CCCCCCCCCCCCNC(=O)C1(O)C[C@@H](OC(=O)C=Cc2ccc(O)c(O)c2)C(O)[C@H](OC(=O)/C=C/c2ccc(O)c(O)c2)C1. The summed E-state index contributed by atoms with van der Waals surface area (Å²) in [4.78, 5) is 38.7. The molecule has 1 aliphatic carbocycles. The number of carbonyl (C=O) groups is 3. The number of aliphatic hydroxyl groups is 2. The molecule has 1 saturated carbocycles. The maximum absolute atomic E-state index is 13.2. The van der Waals surface area contributed by atoms with Crippen LogP contribution in [0.15, 0.2) is 48.6 Å². The number of phenols is 4. The van der Waals surface area contributed by atoms with Gasteiger partial charge in [0.05, 0.1) is 0 Å². The van der Waals surface area contributed by atoms with E-state index in [-0.39, 0.29) is 11.5 Å². The first kappa shape index (κ1) is 38.9. The van der Waals surface area contributed by atoms with Crippen LogP contribution in [0.3, 0.4) is 0 Å². The Morgan fingerprint density at radius 1 is 0.714 bits per heavy atom. The number of benzene rings is 2. The van der Waals surface area contributed by atoms with Gasteiger partial charge >= 0.3 is 11.9 Å². The lowest BCUT2D eigenvalue weighted by Gasteiger charge is -2.41. The van der Waals surface area contributed by atoms with E-state index in [1.807, 2.05) is 0 Å². The molecule has 12 nitrogen and oxygen atoms in total. The van der Waals surface area contributed by atoms with Crippen molar-refractivity contribution in [3.8, 4) is 23.0 Å². The maximum Gasteiger partial charge on any atom is 0.331 e. The van der Waals surface area contributed by atoms with Crippen LogP contribution in [0.25, 0.3) is 12.2 Å². The minimum Gasteiger partial charge on any atom is -0.504 e. The van der Waals surface area contributed by atoms with Crippen molar-refractivity contribution in [1.82, 2.24) is 5.32 Å². The van der Waals surface area contributed by atoms with Gasteiger partial charge in [0.2, 0.25) is 0 Å². The minimum atomic E-state index is -2.15. The fraction of sp³-hybridized carbons (Fsp3) is 0.486. The van der Waals surface area contributed by atoms with Gasteiger partial charge in [-0.05, 0) is 54.0 Å². The summed E-state index contributed by atoms with van der Waals surface area (Å²) in [7, 11) is 0. The standard InChI is InChI=1S/C37H49NO11/c1-2-3-4-5-6-7-8-9-10-11-20-38-36(46)37(47)23-31(48-33(43)18-14-25-12-16-27(39)29(41)21-25)35(45)32(24-37)49-34(44)19-15-26-13-17-28(40)30(42)22-26/h12-19,21-22,31-32,35,39-42,45,47H,2-11,20,23-24H2,1H3,(H,38,46)/b18-14+,19-15?/t31-,32-,35?,37?/m1/s1. The Labute approximate surface area is 286 Å². The third kappa shape index (κ3) is 12.8. The van der Waals surface area contributed by atoms with Gasteiger partial charge in [0.1, 0.15) is 23.9 Å². The van der Waals surface area contributed by atoms with Crippen molar-refractivity contribution in [3.63, 3.8) is 0 Å². The van der Waals surface area contributed by atoms with Crippen molar-refractivity contribution in [2.45, 2.75) is 108 Å². The van der Waals surface area contributed by atoms with Gasteiger partial charge in [-0.25, -0.2) is 9.59 Å². The second-order valence-corrected chi connectivity index (χ2v) is 12.5. The molecule has 0 aromatic heterocycles. The third-order valence-electron chi connectivity index (χ3n) is 8.44. The number of aliphatic hydroxyl groups excluding tert-OH is 1. The first-order valence-electron chi connectivity index (χ1n) is 16.9. The van der Waals surface area contributed by atoms with Crippen LogP contribution in [0, 0.1) is 0 Å². The minimum absolute atomic E-state index is 0.305. The van der Waals surface area contributed by atoms with Crippen LogP contribution < -0.4 is 5.32 Å². The Hall–Kier alpha value is -4.55. The van der Waals surface area contributed by atoms with Crippen LogP contribution in [-0.4, -0.2) is 78.9 Å². The summed E-state index contributed by atoms with van der Waals surface area (Å²) >= 11 is 0. The summed E-state index contributed by atoms with van der Waals surface area (Å²) in [5.74, 6) is -4.10. The van der Waals surface area contributed by atoms with Crippen LogP contribution in [0.4, 0.5) is 0 Å². The average Bonchev–Trinajstić information content (AvgIpc) is 3.06. The molecule has 2 unspecified atom stereocenters. The van der Waals surface area contributed by atoms with Gasteiger partial charge in [-0.15, -0.1) is 0 Å². The molecule has 0 radical (unpaired) electrons. The molecule has 0 heterocycles. The zero-order valence-electron chi connectivity index (χ0n) is 27.9. The van der Waals surface area contributed by atoms with Crippen molar-refractivity contribution < 1.29 is 54.5 Å². The maximum atomic E-state index is 13.2. The summed E-state index contributed by atoms with van der Waals surface area (Å²) in [5, 5.41) is 63.6. The Kier molecular flexibility index (Phi) is 15.4. The highest BCUT2D eigenvalue weighted by molar-refractivity contribution is 5.89. The molecule has 0 saturated heterocycles. The number of ether oxygens (including phenoxy) is 2. The highest BCUT2D eigenvalue weighted by Gasteiger charge is 2.52. The van der Waals surface area contributed by atoms with E-state index in [9.17, 15) is 45.0 Å². The lowest BCUT2D eigenvalue weighted by atomic mass is 9.78. The quantitative estimate of drug-likeness (QED) is 0.0483. The lowest BCUT2D eigenvalue weighted by Crippen LogP contribution is -2.60. The van der Waals surface area contributed by atoms with E-state index in [0.717, 1.165) is 31.4 Å². The fourth-order valence-electron chi connectivity index (χ4n) is 5.61. The van der Waals surface area contributed by atoms with E-state index in [0.29, 0.717) is 24.1 Å². The highest BCUT2D eigenvalue weighted by atomic mass is 16.6. The molecular formula is C37H49NO11. The molecule has 0 bridgehead atoms. The molecule has 1 aliphatic rings. The Morgan fingerprint density at radius 2 is 1.14 bits per heavy atom. The van der Waals surface area contributed by atoms with Gasteiger partial charge in [0, 0.05) is 31.5 Å². The van der Waals surface area contributed by atoms with Crippen LogP contribution >= 0.6 is 0 Å². The van der Waals surface area contributed by atoms with E-state index in [1.165, 1.54) is 87.1 Å². The van der Waals surface area contributed by atoms with Crippen LogP contribution in [0.1, 0.15) is 95.1 Å². The van der Waals surface area contributed by atoms with Gasteiger partial charge in [0.15, 0.2) is 23.0 Å². The van der Waals surface area contributed by atoms with Crippen molar-refractivity contribution >= 4 is 30.0 Å². The van der Waals surface area contributed by atoms with Crippen LogP contribution in [0.2, 0.25) is 0 Å². The molecule has 4 atom stereocenters. The predicted molar refractivity (Wildman–Crippen MR) is 182 cm³/mol. The van der Waals surface area contributed by atoms with E-state index in [4.69, 9.17) is 9.47 Å². The molecule has 2 aromatic carbocycles. The number of aromatic hydroxyl groups is 4. The van der Waals surface area contributed by atoms with Crippen molar-refractivity contribution in [2.75, 3.05) is 6.54 Å². The fourth-order valence-corrected chi connectivity index (χ4v) is 5.61. The third-order valence-corrected chi connectivity index (χ3v) is 8.44. The first-order chi connectivity index (χ1) is 23.4. The number of nitrogens with one attached hydrogen (secondary N) is 1. The van der Waals surface area contributed by atoms with Gasteiger partial charge in [-0.2, -0.15) is 0 Å². The molecule has 1 fully saturated rings. The molecular weight excluding hydrogens is 634 g/mol. The first-order valence-corrected chi connectivity index (χ1v) is 16.9. The summed E-state index contributed by atoms with van der Waals surface area (Å²) in [6.07, 6.45) is 10.4. The largest absolute Gasteiger partial charge is 0.504 e. The van der Waals surface area contributed by atoms with E-state index in [1.54, 1.807) is 0 Å². The van der Waals surface area contributed by atoms with E-state index in [2.05, 4.69) is 12.2 Å². The van der Waals surface area contributed by atoms with E-state index < -0.39 is 66.1 Å². The Bertz CT molecular complexity index is 1370. The number of rotatable bonds is 18. The average molecular weight is 684 g/mol. The molecule has 49 heavy (non-hydrogen) atoms. The second-order valence-electron chi connectivity index (χ2n) is 12.5. The topological polar surface area (TPSA) is 203 Å². The summed E-state index contributed by atoms with van der Waals surface area (Å²) in [5.41, 5.74) is -1.42. The summed E-state index contributed by atoms with van der Waals surface area (Å²) in [6.45, 7) is 2.50. The van der Waals surface area contributed by atoms with Gasteiger partial charge in [-0.3, -0.25) is 4.79 Å². The highest BCUT2D eigenvalue weighted by Crippen LogP contribution is 2.34. The van der Waals surface area contributed by atoms with Gasteiger partial charge in [0.25, 0.3) is 5.91 Å². The Morgan fingerprint density at radius 3 is 1.57 bits per heavy atom. The number of hydrogen-bond acceptors (Lipinski definition) is 11. The molecule has 0 spiro atoms. The van der Waals surface area contributed by atoms with Crippen LogP contribution in [-0.2, 0) is 23.9 Å². The summed E-state index contributed by atoms with van der Waals surface area (Å²) in [6, 6.07) is 7.78. The van der Waals surface area contributed by atoms with Crippen LogP contribution in [0.5, 0.6) is 23.0 Å². The molecule has 268 valence electrons. The molecule has 7 N–H and O–H groups in total. The van der Waals surface area contributed by atoms with Gasteiger partial charge < -0.3 is 45.4 Å². The van der Waals surface area contributed by atoms with Crippen molar-refractivity contribution in [2.24, 2.45) is 0 Å². The Balaban J connectivity index is 1.63. The summed E-state index contributed by atoms with van der Waals surface area (Å²) < 4.78 is 10.8.